The van der Waals surface area contributed by atoms with Gasteiger partial charge in [-0.05, 0) is 43.8 Å². The smallest absolute Gasteiger partial charge is 0.152 e. The van der Waals surface area contributed by atoms with Crippen molar-refractivity contribution >= 4 is 56.2 Å². The number of halogens is 2. The zero-order chi connectivity index (χ0) is 20.9. The van der Waals surface area contributed by atoms with Crippen LogP contribution < -0.4 is 16.8 Å². The van der Waals surface area contributed by atoms with Gasteiger partial charge >= 0.3 is 0 Å². The van der Waals surface area contributed by atoms with Crippen LogP contribution in [0.4, 0.5) is 5.82 Å². The first-order valence-electron chi connectivity index (χ1n) is 9.62. The monoisotopic (exact) mass is 481 g/mol. The minimum Gasteiger partial charge on any atom is -0.382 e. The Morgan fingerprint density at radius 2 is 1.97 bits per heavy atom. The van der Waals surface area contributed by atoms with E-state index in [2.05, 4.69) is 20.3 Å². The molecule has 1 unspecified atom stereocenters. The third-order valence-corrected chi connectivity index (χ3v) is 10.2. The van der Waals surface area contributed by atoms with Crippen molar-refractivity contribution in [2.75, 3.05) is 18.8 Å². The van der Waals surface area contributed by atoms with E-state index in [-0.39, 0.29) is 11.5 Å². The van der Waals surface area contributed by atoms with Gasteiger partial charge in [-0.2, -0.15) is 0 Å². The normalized spacial score (nSPS) is 26.2. The van der Waals surface area contributed by atoms with Crippen molar-refractivity contribution < 1.29 is 0 Å². The molecule has 11 heteroatoms. The number of aliphatic imine (C=N–C) groups is 1. The lowest BCUT2D eigenvalue weighted by Crippen LogP contribution is -2.46. The highest BCUT2D eigenvalue weighted by Crippen LogP contribution is 2.62. The van der Waals surface area contributed by atoms with Crippen molar-refractivity contribution in [2.45, 2.75) is 40.3 Å². The topological polar surface area (TPSA) is 115 Å². The van der Waals surface area contributed by atoms with Crippen LogP contribution in [-0.2, 0) is 0 Å². The van der Waals surface area contributed by atoms with Gasteiger partial charge in [-0.3, -0.25) is 0 Å². The number of thiol groups is 1. The zero-order valence-corrected chi connectivity index (χ0v) is 19.2. The number of nitrogens with one attached hydrogen (secondary N) is 1. The lowest BCUT2D eigenvalue weighted by Gasteiger charge is -2.40. The molecule has 5 rings (SSSR count). The summed E-state index contributed by atoms with van der Waals surface area (Å²) in [6, 6.07) is 1.77. The largest absolute Gasteiger partial charge is 0.382 e. The molecule has 0 amide bonds. The van der Waals surface area contributed by atoms with Gasteiger partial charge in [0.15, 0.2) is 4.50 Å². The third kappa shape index (κ3) is 3.41. The second-order valence-corrected chi connectivity index (χ2v) is 11.7. The van der Waals surface area contributed by atoms with E-state index in [1.54, 1.807) is 24.7 Å². The molecule has 158 valence electrons. The molecular weight excluding hydrogens is 461 g/mol. The molecule has 1 aliphatic carbocycles. The highest BCUT2D eigenvalue weighted by Gasteiger charge is 2.50. The second kappa shape index (κ2) is 7.96. The van der Waals surface area contributed by atoms with Gasteiger partial charge in [-0.1, -0.05) is 35.0 Å². The number of nitrogen functional groups attached to an aromatic ring is 1. The van der Waals surface area contributed by atoms with Crippen LogP contribution in [0.2, 0.25) is 5.02 Å². The Kier molecular flexibility index (Phi) is 5.45. The number of hydrogen-bond acceptors (Lipinski definition) is 8. The first-order chi connectivity index (χ1) is 14.5. The highest BCUT2D eigenvalue weighted by molar-refractivity contribution is 8.35. The van der Waals surface area contributed by atoms with Crippen molar-refractivity contribution in [3.63, 3.8) is 0 Å². The van der Waals surface area contributed by atoms with E-state index in [9.17, 15) is 0 Å². The lowest BCUT2D eigenvalue weighted by atomic mass is 9.74. The highest BCUT2D eigenvalue weighted by atomic mass is 35.5. The first kappa shape index (κ1) is 20.5. The summed E-state index contributed by atoms with van der Waals surface area (Å²) in [5.41, 5.74) is 13.7. The molecule has 0 aromatic carbocycles. The standard InChI is InChI=1S/C19H21Cl2N7S2/c20-14-11(1-4-25-17(14)23)29-12-8-27-13(9-26-12)30-15-10(28-18(30)21)7-19(16(15)22)2-5-24-6-3-19/h1,4,8-9,16,24,30H,2-3,5-7,22H2,(H2,23,25)/t16-/m1/s1. The van der Waals surface area contributed by atoms with Gasteiger partial charge in [-0.15, -0.1) is 10.9 Å². The molecule has 2 aromatic rings. The second-order valence-electron chi connectivity index (χ2n) is 7.64. The Labute approximate surface area is 191 Å². The number of aromatic nitrogens is 3. The predicted octanol–water partition coefficient (Wildman–Crippen LogP) is 3.54. The van der Waals surface area contributed by atoms with Crippen LogP contribution in [0.1, 0.15) is 19.3 Å². The van der Waals surface area contributed by atoms with E-state index in [4.69, 9.17) is 39.7 Å². The fraction of sp³-hybridized carbons (Fsp3) is 0.368. The van der Waals surface area contributed by atoms with Gasteiger partial charge in [-0.25, -0.2) is 19.9 Å². The number of nitrogens with zero attached hydrogens (tertiary/aromatic N) is 4. The van der Waals surface area contributed by atoms with Crippen LogP contribution in [0.15, 0.2) is 55.2 Å². The van der Waals surface area contributed by atoms with Gasteiger partial charge in [0.25, 0.3) is 0 Å². The zero-order valence-electron chi connectivity index (χ0n) is 16.0. The van der Waals surface area contributed by atoms with Crippen molar-refractivity contribution in [1.82, 2.24) is 20.3 Å². The Morgan fingerprint density at radius 3 is 2.70 bits per heavy atom. The number of pyridine rings is 1. The van der Waals surface area contributed by atoms with E-state index in [0.29, 0.717) is 20.4 Å². The third-order valence-electron chi connectivity index (χ3n) is 5.96. The molecule has 1 spiro atoms. The van der Waals surface area contributed by atoms with Crippen LogP contribution in [0, 0.1) is 5.41 Å². The van der Waals surface area contributed by atoms with Gasteiger partial charge in [0.2, 0.25) is 0 Å². The average molecular weight is 482 g/mol. The molecule has 2 atom stereocenters. The van der Waals surface area contributed by atoms with E-state index in [0.717, 1.165) is 48.0 Å². The maximum absolute atomic E-state index is 6.80. The Morgan fingerprint density at radius 1 is 1.17 bits per heavy atom. The molecule has 0 bridgehead atoms. The fourth-order valence-corrected chi connectivity index (χ4v) is 8.13. The molecule has 1 fully saturated rings. The van der Waals surface area contributed by atoms with Gasteiger partial charge in [0.05, 0.1) is 23.1 Å². The first-order valence-corrected chi connectivity index (χ1v) is 12.5. The predicted molar refractivity (Wildman–Crippen MR) is 125 cm³/mol. The molecular formula is C19H21Cl2N7S2. The van der Waals surface area contributed by atoms with E-state index >= 15 is 0 Å². The summed E-state index contributed by atoms with van der Waals surface area (Å²) in [6.45, 7) is 1.99. The Hall–Kier alpha value is -1.36. The molecule has 2 aromatic heterocycles. The number of nitrogens with two attached hydrogens (primary N) is 2. The molecule has 7 nitrogen and oxygen atoms in total. The summed E-state index contributed by atoms with van der Waals surface area (Å²) in [5.74, 6) is 0.296. The van der Waals surface area contributed by atoms with Gasteiger partial charge < -0.3 is 16.8 Å². The van der Waals surface area contributed by atoms with Crippen molar-refractivity contribution in [1.29, 1.82) is 0 Å². The SMILES string of the molecule is Nc1nccc(Sc2cnc([SH]3C(Cl)=NC4=C3[C@@H](N)C3(CCNCC3)C4)cn2)c1Cl. The lowest BCUT2D eigenvalue weighted by molar-refractivity contribution is 0.190. The summed E-state index contributed by atoms with van der Waals surface area (Å²) >= 11 is 14.2. The molecule has 2 aliphatic heterocycles. The minimum absolute atomic E-state index is 0.0323. The number of anilines is 1. The number of allylic oxidation sites excluding steroid dienone is 1. The fourth-order valence-electron chi connectivity index (χ4n) is 4.37. The van der Waals surface area contributed by atoms with Crippen LogP contribution in [-0.4, -0.2) is 38.6 Å². The quantitative estimate of drug-likeness (QED) is 0.495. The van der Waals surface area contributed by atoms with Gasteiger partial charge in [0.1, 0.15) is 15.9 Å². The van der Waals surface area contributed by atoms with E-state index in [1.807, 2.05) is 0 Å². The van der Waals surface area contributed by atoms with Crippen molar-refractivity contribution in [2.24, 2.45) is 16.1 Å². The maximum Gasteiger partial charge on any atom is 0.152 e. The van der Waals surface area contributed by atoms with Crippen LogP contribution in [0.3, 0.4) is 0 Å². The molecule has 3 aliphatic rings. The Bertz CT molecular complexity index is 1050. The average Bonchev–Trinajstić information content (AvgIpc) is 3.19. The minimum atomic E-state index is -1.00. The van der Waals surface area contributed by atoms with Gasteiger partial charge in [0, 0.05) is 22.0 Å². The van der Waals surface area contributed by atoms with Crippen molar-refractivity contribution in [3.8, 4) is 0 Å². The molecule has 4 heterocycles. The molecule has 5 N–H and O–H groups in total. The summed E-state index contributed by atoms with van der Waals surface area (Å²) in [6.07, 6.45) is 8.17. The van der Waals surface area contributed by atoms with Crippen LogP contribution in [0.25, 0.3) is 0 Å². The molecule has 1 saturated heterocycles. The number of hydrogen-bond donors (Lipinski definition) is 4. The van der Waals surface area contributed by atoms with Crippen molar-refractivity contribution in [3.05, 3.63) is 40.3 Å². The summed E-state index contributed by atoms with van der Waals surface area (Å²) in [4.78, 5) is 19.9. The summed E-state index contributed by atoms with van der Waals surface area (Å²) in [5, 5.41) is 5.39. The van der Waals surface area contributed by atoms with E-state index in [1.165, 1.54) is 16.7 Å². The molecule has 0 saturated carbocycles. The summed E-state index contributed by atoms with van der Waals surface area (Å²) in [7, 11) is -1.00. The molecule has 30 heavy (non-hydrogen) atoms. The Balaban J connectivity index is 1.39. The maximum atomic E-state index is 6.80. The molecule has 0 radical (unpaired) electrons. The van der Waals surface area contributed by atoms with Crippen LogP contribution >= 0.6 is 45.9 Å². The summed E-state index contributed by atoms with van der Waals surface area (Å²) < 4.78 is 0.592. The number of rotatable bonds is 3. The van der Waals surface area contributed by atoms with Crippen LogP contribution in [0.5, 0.6) is 0 Å². The number of piperidine rings is 1. The van der Waals surface area contributed by atoms with E-state index < -0.39 is 10.9 Å².